The lowest BCUT2D eigenvalue weighted by Gasteiger charge is -2.17. The van der Waals surface area contributed by atoms with E-state index >= 15 is 0 Å². The van der Waals surface area contributed by atoms with Crippen molar-refractivity contribution in [2.45, 2.75) is 5.51 Å². The molecule has 0 heterocycles. The number of alkyl halides is 3. The number of hydrogen-bond donors (Lipinski definition) is 2. The molecule has 0 aliphatic rings. The van der Waals surface area contributed by atoms with Crippen LogP contribution in [0.25, 0.3) is 0 Å². The summed E-state index contributed by atoms with van der Waals surface area (Å²) in [6.07, 6.45) is 0. The monoisotopic (exact) mass is 261 g/mol. The fourth-order valence-corrected chi connectivity index (χ4v) is 1.47. The quantitative estimate of drug-likeness (QED) is 0.702. The highest BCUT2D eigenvalue weighted by molar-refractivity contribution is 8.00. The topological polar surface area (TPSA) is 77.8 Å². The van der Waals surface area contributed by atoms with E-state index in [1.54, 1.807) is 0 Å². The van der Waals surface area contributed by atoms with Gasteiger partial charge in [-0.15, -0.1) is 0 Å². The van der Waals surface area contributed by atoms with Crippen LogP contribution in [0.3, 0.4) is 0 Å². The van der Waals surface area contributed by atoms with Crippen LogP contribution in [0.4, 0.5) is 13.2 Å². The number of halogens is 3. The number of hydrogen-bond acceptors (Lipinski definition) is 4. The Bertz CT molecular complexity index is 243. The van der Waals surface area contributed by atoms with Gasteiger partial charge in [0, 0.05) is 12.3 Å². The third-order valence-corrected chi connectivity index (χ3v) is 2.10. The van der Waals surface area contributed by atoms with E-state index in [0.29, 0.717) is 0 Å². The van der Waals surface area contributed by atoms with Crippen LogP contribution in [0.15, 0.2) is 0 Å². The lowest BCUT2D eigenvalue weighted by molar-refractivity contribution is -0.141. The predicted molar refractivity (Wildman–Crippen MR) is 50.2 cm³/mol. The number of aliphatic carboxylic acids is 2. The van der Waals surface area contributed by atoms with E-state index in [4.69, 9.17) is 10.2 Å². The highest BCUT2D eigenvalue weighted by Crippen LogP contribution is 2.29. The van der Waals surface area contributed by atoms with Crippen molar-refractivity contribution < 1.29 is 33.0 Å². The van der Waals surface area contributed by atoms with Crippen molar-refractivity contribution in [1.82, 2.24) is 4.90 Å². The molecule has 9 heteroatoms. The number of nitrogens with zero attached hydrogens (tertiary/aromatic N) is 1. The van der Waals surface area contributed by atoms with Crippen LogP contribution >= 0.6 is 11.8 Å². The predicted octanol–water partition coefficient (Wildman–Crippen LogP) is 0.711. The van der Waals surface area contributed by atoms with E-state index < -0.39 is 36.3 Å². The molecule has 0 bridgehead atoms. The number of rotatable bonds is 7. The minimum absolute atomic E-state index is 0.247. The van der Waals surface area contributed by atoms with E-state index in [1.165, 1.54) is 0 Å². The molecule has 2 N–H and O–H groups in total. The van der Waals surface area contributed by atoms with Crippen molar-refractivity contribution in [1.29, 1.82) is 0 Å². The van der Waals surface area contributed by atoms with Crippen LogP contribution in [-0.4, -0.2) is 57.9 Å². The van der Waals surface area contributed by atoms with Crippen molar-refractivity contribution >= 4 is 23.7 Å². The van der Waals surface area contributed by atoms with Gasteiger partial charge in [-0.2, -0.15) is 13.2 Å². The first-order valence-electron chi connectivity index (χ1n) is 4.07. The molecule has 0 unspecified atom stereocenters. The number of thioether (sulfide) groups is 1. The maximum Gasteiger partial charge on any atom is 0.441 e. The molecular weight excluding hydrogens is 251 g/mol. The van der Waals surface area contributed by atoms with E-state index in [1.807, 2.05) is 0 Å². The smallest absolute Gasteiger partial charge is 0.441 e. The van der Waals surface area contributed by atoms with Crippen LogP contribution in [0, 0.1) is 0 Å². The molecular formula is C7H10F3NO4S. The largest absolute Gasteiger partial charge is 0.480 e. The van der Waals surface area contributed by atoms with Gasteiger partial charge in [0.1, 0.15) is 0 Å². The van der Waals surface area contributed by atoms with Crippen LogP contribution in [0.2, 0.25) is 0 Å². The molecule has 0 aromatic carbocycles. The Morgan fingerprint density at radius 1 is 1.12 bits per heavy atom. The van der Waals surface area contributed by atoms with Gasteiger partial charge in [0.2, 0.25) is 0 Å². The summed E-state index contributed by atoms with van der Waals surface area (Å²) in [5.41, 5.74) is -4.39. The zero-order valence-electron chi connectivity index (χ0n) is 8.03. The number of carbonyl (C=O) groups is 2. The summed E-state index contributed by atoms with van der Waals surface area (Å²) in [5.74, 6) is -2.96. The van der Waals surface area contributed by atoms with Crippen molar-refractivity contribution in [3.63, 3.8) is 0 Å². The fourth-order valence-electron chi connectivity index (χ4n) is 0.887. The summed E-state index contributed by atoms with van der Waals surface area (Å²) >= 11 is -0.311. The van der Waals surface area contributed by atoms with Crippen molar-refractivity contribution in [3.8, 4) is 0 Å². The fraction of sp³-hybridized carbons (Fsp3) is 0.714. The molecule has 0 aromatic heterocycles. The van der Waals surface area contributed by atoms with Crippen LogP contribution in [0.5, 0.6) is 0 Å². The van der Waals surface area contributed by atoms with E-state index in [0.717, 1.165) is 4.90 Å². The molecule has 0 spiro atoms. The molecule has 0 fully saturated rings. The molecule has 0 rings (SSSR count). The van der Waals surface area contributed by atoms with Gasteiger partial charge in [0.15, 0.2) is 0 Å². The van der Waals surface area contributed by atoms with Crippen LogP contribution < -0.4 is 0 Å². The van der Waals surface area contributed by atoms with Gasteiger partial charge < -0.3 is 10.2 Å². The highest BCUT2D eigenvalue weighted by atomic mass is 32.2. The van der Waals surface area contributed by atoms with Crippen LogP contribution in [-0.2, 0) is 9.59 Å². The van der Waals surface area contributed by atoms with Crippen molar-refractivity contribution in [2.24, 2.45) is 0 Å². The molecule has 0 saturated carbocycles. The Balaban J connectivity index is 4.01. The molecule has 0 amide bonds. The number of carboxylic acid groups (broad SMARTS) is 2. The Morgan fingerprint density at radius 3 is 1.88 bits per heavy atom. The van der Waals surface area contributed by atoms with E-state index in [9.17, 15) is 22.8 Å². The summed E-state index contributed by atoms with van der Waals surface area (Å²) < 4.78 is 35.2. The Morgan fingerprint density at radius 2 is 1.56 bits per heavy atom. The molecule has 0 aromatic rings. The summed E-state index contributed by atoms with van der Waals surface area (Å²) in [5, 5.41) is 16.8. The van der Waals surface area contributed by atoms with Gasteiger partial charge in [-0.25, -0.2) is 0 Å². The SMILES string of the molecule is O=C(O)CN(CCSC(F)(F)F)CC(=O)O. The van der Waals surface area contributed by atoms with Crippen molar-refractivity contribution in [2.75, 3.05) is 25.4 Å². The van der Waals surface area contributed by atoms with Gasteiger partial charge in [-0.1, -0.05) is 0 Å². The molecule has 0 atom stereocenters. The summed E-state index contributed by atoms with van der Waals surface area (Å²) in [7, 11) is 0. The minimum Gasteiger partial charge on any atom is -0.480 e. The second kappa shape index (κ2) is 6.59. The molecule has 0 saturated heterocycles. The van der Waals surface area contributed by atoms with Gasteiger partial charge >= 0.3 is 17.4 Å². The second-order valence-electron chi connectivity index (χ2n) is 2.79. The zero-order valence-corrected chi connectivity index (χ0v) is 8.85. The molecule has 0 aliphatic carbocycles. The van der Waals surface area contributed by atoms with Gasteiger partial charge in [0.05, 0.1) is 13.1 Å². The molecule has 0 aliphatic heterocycles. The maximum absolute atomic E-state index is 11.7. The maximum atomic E-state index is 11.7. The van der Waals surface area contributed by atoms with Gasteiger partial charge in [-0.3, -0.25) is 14.5 Å². The first-order valence-corrected chi connectivity index (χ1v) is 5.06. The van der Waals surface area contributed by atoms with E-state index in [2.05, 4.69) is 0 Å². The Hall–Kier alpha value is -0.960. The number of carboxylic acids is 2. The third kappa shape index (κ3) is 9.59. The van der Waals surface area contributed by atoms with Crippen LogP contribution in [0.1, 0.15) is 0 Å². The molecule has 0 radical (unpaired) electrons. The lowest BCUT2D eigenvalue weighted by atomic mass is 10.4. The second-order valence-corrected chi connectivity index (χ2v) is 3.95. The summed E-state index contributed by atoms with van der Waals surface area (Å²) in [4.78, 5) is 21.5. The van der Waals surface area contributed by atoms with Crippen molar-refractivity contribution in [3.05, 3.63) is 0 Å². The summed E-state index contributed by atoms with van der Waals surface area (Å²) in [6, 6.07) is 0. The minimum atomic E-state index is -4.39. The van der Waals surface area contributed by atoms with E-state index in [-0.39, 0.29) is 18.3 Å². The average molecular weight is 261 g/mol. The average Bonchev–Trinajstić information content (AvgIpc) is 1.98. The van der Waals surface area contributed by atoms with Gasteiger partial charge in [-0.05, 0) is 11.8 Å². The standard InChI is InChI=1S/C7H10F3NO4S/c8-7(9,10)16-2-1-11(3-5(12)13)4-6(14)15/h1-4H2,(H,12,13)(H,14,15). The Labute approximate surface area is 93.2 Å². The lowest BCUT2D eigenvalue weighted by Crippen LogP contribution is -2.36. The first-order chi connectivity index (χ1) is 7.20. The zero-order chi connectivity index (χ0) is 12.8. The Kier molecular flexibility index (Phi) is 6.19. The third-order valence-electron chi connectivity index (χ3n) is 1.39. The summed E-state index contributed by atoms with van der Waals surface area (Å²) in [6.45, 7) is -1.43. The normalized spacial score (nSPS) is 11.8. The first kappa shape index (κ1) is 15.0. The molecule has 94 valence electrons. The highest BCUT2D eigenvalue weighted by Gasteiger charge is 2.28. The molecule has 16 heavy (non-hydrogen) atoms. The molecule has 5 nitrogen and oxygen atoms in total. The van der Waals surface area contributed by atoms with Gasteiger partial charge in [0.25, 0.3) is 0 Å².